The van der Waals surface area contributed by atoms with Gasteiger partial charge < -0.3 is 5.32 Å². The fourth-order valence-electron chi connectivity index (χ4n) is 2.30. The Morgan fingerprint density at radius 2 is 1.89 bits per heavy atom. The van der Waals surface area contributed by atoms with Gasteiger partial charge in [0.2, 0.25) is 0 Å². The van der Waals surface area contributed by atoms with Gasteiger partial charge in [0.1, 0.15) is 0 Å². The molecule has 0 heterocycles. The first-order valence-electron chi connectivity index (χ1n) is 6.24. The average Bonchev–Trinajstić information content (AvgIpc) is 2.83. The van der Waals surface area contributed by atoms with Gasteiger partial charge in [-0.05, 0) is 40.5 Å². The van der Waals surface area contributed by atoms with Gasteiger partial charge in [0, 0.05) is 7.05 Å². The van der Waals surface area contributed by atoms with Gasteiger partial charge in [-0.25, -0.2) is 0 Å². The lowest BCUT2D eigenvalue weighted by atomic mass is 10.0. The Balaban J connectivity index is 2.00. The normalized spacial score (nSPS) is 14.7. The van der Waals surface area contributed by atoms with Crippen LogP contribution in [0.3, 0.4) is 0 Å². The van der Waals surface area contributed by atoms with Crippen LogP contribution in [0.1, 0.15) is 16.7 Å². The number of hydrogen-bond acceptors (Lipinski definition) is 1. The molecule has 0 atom stereocenters. The molecule has 0 amide bonds. The SMILES string of the molecule is CNc1ccc(/C=C2\C=Cc3ccccc32)cc1Cl. The molecule has 0 radical (unpaired) electrons. The summed E-state index contributed by atoms with van der Waals surface area (Å²) in [5.74, 6) is 0. The molecule has 0 aromatic heterocycles. The number of fused-ring (bicyclic) bond motifs is 1. The molecule has 0 saturated carbocycles. The molecule has 1 N–H and O–H groups in total. The van der Waals surface area contributed by atoms with Crippen molar-refractivity contribution in [1.29, 1.82) is 0 Å². The summed E-state index contributed by atoms with van der Waals surface area (Å²) in [4.78, 5) is 0. The lowest BCUT2D eigenvalue weighted by Gasteiger charge is -2.05. The Morgan fingerprint density at radius 1 is 1.05 bits per heavy atom. The van der Waals surface area contributed by atoms with Crippen LogP contribution >= 0.6 is 11.6 Å². The smallest absolute Gasteiger partial charge is 0.0643 e. The van der Waals surface area contributed by atoms with E-state index in [2.05, 4.69) is 53.9 Å². The van der Waals surface area contributed by atoms with Crippen molar-refractivity contribution in [3.63, 3.8) is 0 Å². The zero-order chi connectivity index (χ0) is 13.2. The highest BCUT2D eigenvalue weighted by Crippen LogP contribution is 2.31. The van der Waals surface area contributed by atoms with Crippen LogP contribution < -0.4 is 5.32 Å². The predicted octanol–water partition coefficient (Wildman–Crippen LogP) is 4.95. The summed E-state index contributed by atoms with van der Waals surface area (Å²) in [7, 11) is 1.87. The summed E-state index contributed by atoms with van der Waals surface area (Å²) in [6, 6.07) is 14.4. The minimum Gasteiger partial charge on any atom is -0.387 e. The maximum atomic E-state index is 6.21. The van der Waals surface area contributed by atoms with E-state index in [0.29, 0.717) is 0 Å². The Morgan fingerprint density at radius 3 is 2.68 bits per heavy atom. The van der Waals surface area contributed by atoms with Crippen LogP contribution in [0.4, 0.5) is 5.69 Å². The fourth-order valence-corrected chi connectivity index (χ4v) is 2.59. The topological polar surface area (TPSA) is 12.0 Å². The van der Waals surface area contributed by atoms with E-state index in [0.717, 1.165) is 16.3 Å². The van der Waals surface area contributed by atoms with Gasteiger partial charge in [-0.15, -0.1) is 0 Å². The van der Waals surface area contributed by atoms with E-state index in [9.17, 15) is 0 Å². The zero-order valence-corrected chi connectivity index (χ0v) is 11.4. The highest BCUT2D eigenvalue weighted by Gasteiger charge is 2.09. The minimum absolute atomic E-state index is 0.743. The van der Waals surface area contributed by atoms with Gasteiger partial charge in [-0.1, -0.05) is 54.1 Å². The minimum atomic E-state index is 0.743. The maximum absolute atomic E-state index is 6.21. The number of halogens is 1. The van der Waals surface area contributed by atoms with E-state index >= 15 is 0 Å². The molecule has 0 bridgehead atoms. The van der Waals surface area contributed by atoms with Crippen molar-refractivity contribution in [3.05, 3.63) is 70.3 Å². The molecule has 0 saturated heterocycles. The van der Waals surface area contributed by atoms with Crippen LogP contribution in [-0.4, -0.2) is 7.05 Å². The molecule has 2 aromatic rings. The Kier molecular flexibility index (Phi) is 3.14. The summed E-state index contributed by atoms with van der Waals surface area (Å²) < 4.78 is 0. The second-order valence-corrected chi connectivity index (χ2v) is 4.92. The lowest BCUT2D eigenvalue weighted by molar-refractivity contribution is 1.50. The van der Waals surface area contributed by atoms with E-state index in [1.165, 1.54) is 16.7 Å². The van der Waals surface area contributed by atoms with E-state index < -0.39 is 0 Å². The van der Waals surface area contributed by atoms with E-state index in [4.69, 9.17) is 11.6 Å². The third-order valence-electron chi connectivity index (χ3n) is 3.30. The van der Waals surface area contributed by atoms with Crippen LogP contribution in [0.25, 0.3) is 17.7 Å². The van der Waals surface area contributed by atoms with Crippen LogP contribution in [0.5, 0.6) is 0 Å². The molecule has 2 aromatic carbocycles. The maximum Gasteiger partial charge on any atom is 0.0643 e. The first-order valence-corrected chi connectivity index (χ1v) is 6.62. The fraction of sp³-hybridized carbons (Fsp3) is 0.0588. The molecular formula is C17H14ClN. The first kappa shape index (κ1) is 12.1. The monoisotopic (exact) mass is 267 g/mol. The third-order valence-corrected chi connectivity index (χ3v) is 3.61. The quantitative estimate of drug-likeness (QED) is 0.812. The van der Waals surface area contributed by atoms with Crippen LogP contribution in [0, 0.1) is 0 Å². The van der Waals surface area contributed by atoms with Crippen molar-refractivity contribution in [1.82, 2.24) is 0 Å². The lowest BCUT2D eigenvalue weighted by Crippen LogP contribution is -1.89. The molecule has 19 heavy (non-hydrogen) atoms. The molecule has 1 aliphatic rings. The summed E-state index contributed by atoms with van der Waals surface area (Å²) in [5.41, 5.74) is 5.83. The van der Waals surface area contributed by atoms with Crippen molar-refractivity contribution in [2.24, 2.45) is 0 Å². The number of allylic oxidation sites excluding steroid dienone is 2. The van der Waals surface area contributed by atoms with E-state index in [1.807, 2.05) is 19.2 Å². The van der Waals surface area contributed by atoms with Crippen LogP contribution in [0.2, 0.25) is 5.02 Å². The molecule has 0 aliphatic heterocycles. The van der Waals surface area contributed by atoms with Crippen molar-refractivity contribution in [2.75, 3.05) is 12.4 Å². The highest BCUT2D eigenvalue weighted by molar-refractivity contribution is 6.33. The number of hydrogen-bond donors (Lipinski definition) is 1. The molecule has 0 unspecified atom stereocenters. The van der Waals surface area contributed by atoms with E-state index in [1.54, 1.807) is 0 Å². The number of anilines is 1. The van der Waals surface area contributed by atoms with Gasteiger partial charge in [0.25, 0.3) is 0 Å². The summed E-state index contributed by atoms with van der Waals surface area (Å²) in [6.07, 6.45) is 6.45. The van der Waals surface area contributed by atoms with E-state index in [-0.39, 0.29) is 0 Å². The summed E-state index contributed by atoms with van der Waals surface area (Å²) >= 11 is 6.21. The Bertz CT molecular complexity index is 683. The second-order valence-electron chi connectivity index (χ2n) is 4.51. The van der Waals surface area contributed by atoms with Crippen molar-refractivity contribution in [3.8, 4) is 0 Å². The molecule has 1 nitrogen and oxygen atoms in total. The zero-order valence-electron chi connectivity index (χ0n) is 10.7. The average molecular weight is 268 g/mol. The summed E-state index contributed by atoms with van der Waals surface area (Å²) in [6.45, 7) is 0. The van der Waals surface area contributed by atoms with Gasteiger partial charge >= 0.3 is 0 Å². The molecule has 0 fully saturated rings. The molecule has 94 valence electrons. The number of nitrogens with one attached hydrogen (secondary N) is 1. The van der Waals surface area contributed by atoms with Crippen LogP contribution in [-0.2, 0) is 0 Å². The molecule has 0 spiro atoms. The molecule has 3 rings (SSSR count). The van der Waals surface area contributed by atoms with Gasteiger partial charge in [-0.2, -0.15) is 0 Å². The predicted molar refractivity (Wildman–Crippen MR) is 84.3 cm³/mol. The van der Waals surface area contributed by atoms with Crippen molar-refractivity contribution in [2.45, 2.75) is 0 Å². The summed E-state index contributed by atoms with van der Waals surface area (Å²) in [5, 5.41) is 3.81. The van der Waals surface area contributed by atoms with Gasteiger partial charge in [0.15, 0.2) is 0 Å². The standard InChI is InChI=1S/C17H14ClN/c1-19-17-9-6-12(11-16(17)18)10-14-8-7-13-4-2-3-5-15(13)14/h2-11,19H,1H3/b14-10+. The number of rotatable bonds is 2. The third kappa shape index (κ3) is 2.29. The second kappa shape index (κ2) is 4.94. The molecular weight excluding hydrogens is 254 g/mol. The Labute approximate surface area is 118 Å². The van der Waals surface area contributed by atoms with Gasteiger partial charge in [-0.3, -0.25) is 0 Å². The largest absolute Gasteiger partial charge is 0.387 e. The number of benzene rings is 2. The van der Waals surface area contributed by atoms with Crippen LogP contribution in [0.15, 0.2) is 48.5 Å². The van der Waals surface area contributed by atoms with Crippen molar-refractivity contribution < 1.29 is 0 Å². The van der Waals surface area contributed by atoms with Crippen molar-refractivity contribution >= 4 is 35.0 Å². The molecule has 2 heteroatoms. The first-order chi connectivity index (χ1) is 9.28. The van der Waals surface area contributed by atoms with Gasteiger partial charge in [0.05, 0.1) is 10.7 Å². The molecule has 1 aliphatic carbocycles. The highest BCUT2D eigenvalue weighted by atomic mass is 35.5. The Hall–Kier alpha value is -1.99.